The van der Waals surface area contributed by atoms with Gasteiger partial charge in [0.1, 0.15) is 11.4 Å². The summed E-state index contributed by atoms with van der Waals surface area (Å²) < 4.78 is 23.3. The molecule has 0 aromatic heterocycles. The van der Waals surface area contributed by atoms with Crippen LogP contribution in [-0.2, 0) is 14.6 Å². The average Bonchev–Trinajstić information content (AvgIpc) is 2.87. The first-order valence-corrected chi connectivity index (χ1v) is 10.0. The minimum absolute atomic E-state index is 0.0158. The Morgan fingerprint density at radius 2 is 1.96 bits per heavy atom. The van der Waals surface area contributed by atoms with Crippen LogP contribution >= 0.6 is 11.6 Å². The number of amides is 1. The summed E-state index contributed by atoms with van der Waals surface area (Å²) >= 11 is 5.95. The molecule has 8 nitrogen and oxygen atoms in total. The summed E-state index contributed by atoms with van der Waals surface area (Å²) in [5.74, 6) is -0.685. The first-order chi connectivity index (χ1) is 12.7. The summed E-state index contributed by atoms with van der Waals surface area (Å²) in [7, 11) is -3.47. The molecule has 1 heterocycles. The Morgan fingerprint density at radius 3 is 2.63 bits per heavy atom. The van der Waals surface area contributed by atoms with Gasteiger partial charge in [0.05, 0.1) is 16.3 Å². The quantitative estimate of drug-likeness (QED) is 0.784. The maximum atomic E-state index is 12.6. The van der Waals surface area contributed by atoms with Gasteiger partial charge in [-0.2, -0.15) is 20.3 Å². The molecule has 10 heteroatoms. The van der Waals surface area contributed by atoms with Gasteiger partial charge in [0.25, 0.3) is 5.91 Å². The van der Waals surface area contributed by atoms with Crippen LogP contribution < -0.4 is 5.01 Å². The fourth-order valence-corrected chi connectivity index (χ4v) is 3.24. The van der Waals surface area contributed by atoms with Crippen molar-refractivity contribution in [3.8, 4) is 5.75 Å². The highest BCUT2D eigenvalue weighted by Gasteiger charge is 2.34. The molecule has 0 radical (unpaired) electrons. The van der Waals surface area contributed by atoms with E-state index in [0.29, 0.717) is 16.4 Å². The zero-order chi connectivity index (χ0) is 19.8. The van der Waals surface area contributed by atoms with Gasteiger partial charge in [-0.05, 0) is 43.3 Å². The molecule has 0 unspecified atom stereocenters. The molecule has 3 rings (SSSR count). The number of azo groups is 1. The molecule has 0 saturated heterocycles. The maximum absolute atomic E-state index is 12.6. The zero-order valence-electron chi connectivity index (χ0n) is 14.4. The maximum Gasteiger partial charge on any atom is 0.280 e. The summed E-state index contributed by atoms with van der Waals surface area (Å²) in [6.07, 6.45) is 1.04. The average molecular weight is 407 g/mol. The molecule has 1 aliphatic rings. The predicted molar refractivity (Wildman–Crippen MR) is 102 cm³/mol. The van der Waals surface area contributed by atoms with Crippen LogP contribution in [0.2, 0.25) is 5.02 Å². The lowest BCUT2D eigenvalue weighted by Crippen LogP contribution is -2.29. The summed E-state index contributed by atoms with van der Waals surface area (Å²) in [5.41, 5.74) is 0.841. The Bertz CT molecular complexity index is 1080. The summed E-state index contributed by atoms with van der Waals surface area (Å²) in [6, 6.07) is 9.33. The van der Waals surface area contributed by atoms with E-state index in [9.17, 15) is 18.3 Å². The van der Waals surface area contributed by atoms with E-state index in [0.717, 1.165) is 6.26 Å². The molecular formula is C17H15ClN4O4S. The Morgan fingerprint density at radius 1 is 1.22 bits per heavy atom. The molecule has 0 spiro atoms. The highest BCUT2D eigenvalue weighted by atomic mass is 35.5. The molecule has 1 amide bonds. The third-order valence-corrected chi connectivity index (χ3v) is 5.15. The van der Waals surface area contributed by atoms with Gasteiger partial charge in [0.2, 0.25) is 0 Å². The van der Waals surface area contributed by atoms with Crippen LogP contribution in [0.1, 0.15) is 6.92 Å². The Kier molecular flexibility index (Phi) is 4.99. The van der Waals surface area contributed by atoms with Gasteiger partial charge in [0, 0.05) is 11.3 Å². The second-order valence-electron chi connectivity index (χ2n) is 5.91. The number of hydrazone groups is 1. The molecule has 140 valence electrons. The first kappa shape index (κ1) is 19.0. The Hall–Kier alpha value is -2.78. The van der Waals surface area contributed by atoms with E-state index in [4.69, 9.17) is 11.6 Å². The summed E-state index contributed by atoms with van der Waals surface area (Å²) in [5, 5.41) is 23.5. The third kappa shape index (κ3) is 3.99. The number of phenols is 1. The standard InChI is InChI=1S/C17H15ClN4O4S/c1-10-16(17(24)22(21-10)12-5-3-4-11(18)8-12)20-19-14-9-13(27(2,25)26)6-7-15(14)23/h3-9,16,23H,1-2H3/t16-/m0/s1. The number of phenolic OH excluding ortho intramolecular Hbond substituents is 1. The van der Waals surface area contributed by atoms with Gasteiger partial charge in [0.15, 0.2) is 15.9 Å². The number of carbonyl (C=O) groups excluding carboxylic acids is 1. The number of anilines is 1. The number of hydrogen-bond acceptors (Lipinski definition) is 7. The van der Waals surface area contributed by atoms with E-state index in [1.807, 2.05) is 0 Å². The SMILES string of the molecule is CC1=NN(c2cccc(Cl)c2)C(=O)[C@H]1N=Nc1cc(S(C)(=O)=O)ccc1O. The first-order valence-electron chi connectivity index (χ1n) is 7.75. The van der Waals surface area contributed by atoms with Crippen LogP contribution in [-0.4, -0.2) is 37.4 Å². The number of sulfone groups is 1. The number of hydrogen-bond donors (Lipinski definition) is 1. The molecule has 1 aliphatic heterocycles. The van der Waals surface area contributed by atoms with Crippen LogP contribution in [0.4, 0.5) is 11.4 Å². The lowest BCUT2D eigenvalue weighted by Gasteiger charge is -2.12. The molecule has 1 N–H and O–H groups in total. The van der Waals surface area contributed by atoms with Gasteiger partial charge in [-0.1, -0.05) is 17.7 Å². The van der Waals surface area contributed by atoms with Crippen molar-refractivity contribution in [3.05, 3.63) is 47.5 Å². The van der Waals surface area contributed by atoms with Crippen molar-refractivity contribution >= 4 is 44.4 Å². The van der Waals surface area contributed by atoms with Crippen LogP contribution in [0.3, 0.4) is 0 Å². The van der Waals surface area contributed by atoms with Crippen molar-refractivity contribution in [2.45, 2.75) is 17.9 Å². The van der Waals surface area contributed by atoms with Gasteiger partial charge < -0.3 is 5.11 Å². The molecule has 2 aromatic rings. The molecule has 2 aromatic carbocycles. The number of aromatic hydroxyl groups is 1. The van der Waals surface area contributed by atoms with Crippen molar-refractivity contribution in [3.63, 3.8) is 0 Å². The molecular weight excluding hydrogens is 392 g/mol. The fraction of sp³-hybridized carbons (Fsp3) is 0.176. The summed E-state index contributed by atoms with van der Waals surface area (Å²) in [4.78, 5) is 12.6. The minimum Gasteiger partial charge on any atom is -0.506 e. The van der Waals surface area contributed by atoms with E-state index in [1.165, 1.54) is 23.2 Å². The normalized spacial score (nSPS) is 17.6. The van der Waals surface area contributed by atoms with Crippen molar-refractivity contribution in [2.24, 2.45) is 15.3 Å². The Balaban J connectivity index is 1.89. The molecule has 0 aliphatic carbocycles. The molecule has 0 fully saturated rings. The van der Waals surface area contributed by atoms with Crippen molar-refractivity contribution < 1.29 is 18.3 Å². The summed E-state index contributed by atoms with van der Waals surface area (Å²) in [6.45, 7) is 1.62. The number of nitrogens with zero attached hydrogens (tertiary/aromatic N) is 4. The number of halogens is 1. The lowest BCUT2D eigenvalue weighted by atomic mass is 10.2. The van der Waals surface area contributed by atoms with Gasteiger partial charge >= 0.3 is 0 Å². The van der Waals surface area contributed by atoms with E-state index in [2.05, 4.69) is 15.3 Å². The lowest BCUT2D eigenvalue weighted by molar-refractivity contribution is -0.117. The van der Waals surface area contributed by atoms with Crippen molar-refractivity contribution in [1.82, 2.24) is 0 Å². The second-order valence-corrected chi connectivity index (χ2v) is 8.36. The number of carbonyl (C=O) groups is 1. The molecule has 27 heavy (non-hydrogen) atoms. The van der Waals surface area contributed by atoms with E-state index < -0.39 is 21.8 Å². The van der Waals surface area contributed by atoms with E-state index in [1.54, 1.807) is 31.2 Å². The topological polar surface area (TPSA) is 112 Å². The van der Waals surface area contributed by atoms with Crippen LogP contribution in [0, 0.1) is 0 Å². The highest BCUT2D eigenvalue weighted by Crippen LogP contribution is 2.31. The largest absolute Gasteiger partial charge is 0.506 e. The molecule has 0 saturated carbocycles. The third-order valence-electron chi connectivity index (χ3n) is 3.80. The zero-order valence-corrected chi connectivity index (χ0v) is 15.9. The second kappa shape index (κ2) is 7.09. The van der Waals surface area contributed by atoms with E-state index in [-0.39, 0.29) is 16.3 Å². The van der Waals surface area contributed by atoms with Crippen molar-refractivity contribution in [2.75, 3.05) is 11.3 Å². The van der Waals surface area contributed by atoms with Gasteiger partial charge in [-0.25, -0.2) is 8.42 Å². The smallest absolute Gasteiger partial charge is 0.280 e. The van der Waals surface area contributed by atoms with Crippen molar-refractivity contribution in [1.29, 1.82) is 0 Å². The number of rotatable bonds is 4. The van der Waals surface area contributed by atoms with Gasteiger partial charge in [-0.3, -0.25) is 4.79 Å². The monoisotopic (exact) mass is 406 g/mol. The van der Waals surface area contributed by atoms with E-state index >= 15 is 0 Å². The molecule has 0 bridgehead atoms. The predicted octanol–water partition coefficient (Wildman–Crippen LogP) is 3.32. The Labute approximate surface area is 160 Å². The highest BCUT2D eigenvalue weighted by molar-refractivity contribution is 7.90. The van der Waals surface area contributed by atoms with Crippen LogP contribution in [0.25, 0.3) is 0 Å². The fourth-order valence-electron chi connectivity index (χ4n) is 2.42. The van der Waals surface area contributed by atoms with Crippen LogP contribution in [0.5, 0.6) is 5.75 Å². The number of benzene rings is 2. The molecule has 1 atom stereocenters. The van der Waals surface area contributed by atoms with Crippen LogP contribution in [0.15, 0.2) is 62.7 Å². The van der Waals surface area contributed by atoms with Gasteiger partial charge in [-0.15, -0.1) is 0 Å². The minimum atomic E-state index is -3.47.